The van der Waals surface area contributed by atoms with Gasteiger partial charge < -0.3 is 14.8 Å². The first-order valence-corrected chi connectivity index (χ1v) is 12.6. The first-order valence-electron chi connectivity index (χ1n) is 10.6. The minimum absolute atomic E-state index is 0.173. The average molecular weight is 570 g/mol. The molecular formula is C26H21BrN2O4S2. The summed E-state index contributed by atoms with van der Waals surface area (Å²) >= 11 is 10.1. The van der Waals surface area contributed by atoms with Crippen LogP contribution < -0.4 is 19.7 Å². The lowest BCUT2D eigenvalue weighted by Gasteiger charge is -2.14. The summed E-state index contributed by atoms with van der Waals surface area (Å²) in [5.41, 5.74) is 3.00. The van der Waals surface area contributed by atoms with Crippen molar-refractivity contribution in [2.75, 3.05) is 23.9 Å². The van der Waals surface area contributed by atoms with Crippen molar-refractivity contribution in [1.29, 1.82) is 0 Å². The number of rotatable bonds is 7. The predicted molar refractivity (Wildman–Crippen MR) is 148 cm³/mol. The predicted octanol–water partition coefficient (Wildman–Crippen LogP) is 6.19. The summed E-state index contributed by atoms with van der Waals surface area (Å²) in [6.07, 6.45) is 1.73. The van der Waals surface area contributed by atoms with Gasteiger partial charge in [0.15, 0.2) is 10.9 Å². The summed E-state index contributed by atoms with van der Waals surface area (Å²) in [7, 11) is 1.59. The van der Waals surface area contributed by atoms with Crippen LogP contribution in [0.3, 0.4) is 0 Å². The number of methoxy groups -OCH3 is 1. The van der Waals surface area contributed by atoms with E-state index >= 15 is 0 Å². The molecule has 0 aliphatic carbocycles. The first-order chi connectivity index (χ1) is 16.9. The highest BCUT2D eigenvalue weighted by Crippen LogP contribution is 2.37. The lowest BCUT2D eigenvalue weighted by molar-refractivity contribution is -0.118. The smallest absolute Gasteiger partial charge is 0.270 e. The van der Waals surface area contributed by atoms with Crippen molar-refractivity contribution in [2.24, 2.45) is 0 Å². The molecule has 1 saturated heterocycles. The van der Waals surface area contributed by atoms with Crippen molar-refractivity contribution in [3.8, 4) is 11.5 Å². The quantitative estimate of drug-likeness (QED) is 0.271. The number of thiocarbonyl (C=S) groups is 1. The molecule has 0 spiro atoms. The molecule has 4 rings (SSSR count). The zero-order valence-corrected chi connectivity index (χ0v) is 22.1. The van der Waals surface area contributed by atoms with Crippen LogP contribution in [0.1, 0.15) is 11.1 Å². The molecule has 2 amide bonds. The largest absolute Gasteiger partial charge is 0.497 e. The van der Waals surface area contributed by atoms with Gasteiger partial charge in [0.1, 0.15) is 11.5 Å². The molecule has 1 aliphatic rings. The van der Waals surface area contributed by atoms with E-state index in [4.69, 9.17) is 21.7 Å². The molecule has 0 radical (unpaired) electrons. The van der Waals surface area contributed by atoms with Crippen LogP contribution in [0.25, 0.3) is 6.08 Å². The number of carbonyl (C=O) groups excluding carboxylic acids is 2. The number of hydrogen-bond acceptors (Lipinski definition) is 6. The van der Waals surface area contributed by atoms with E-state index in [9.17, 15) is 9.59 Å². The minimum Gasteiger partial charge on any atom is -0.497 e. The zero-order chi connectivity index (χ0) is 24.9. The van der Waals surface area contributed by atoms with Gasteiger partial charge in [-0.05, 0) is 67.1 Å². The molecule has 1 heterocycles. The van der Waals surface area contributed by atoms with Crippen molar-refractivity contribution in [1.82, 2.24) is 0 Å². The van der Waals surface area contributed by atoms with Crippen LogP contribution in [-0.4, -0.2) is 29.9 Å². The molecule has 0 aromatic heterocycles. The molecule has 0 atom stereocenters. The van der Waals surface area contributed by atoms with E-state index in [1.807, 2.05) is 43.3 Å². The maximum absolute atomic E-state index is 13.1. The van der Waals surface area contributed by atoms with E-state index in [0.717, 1.165) is 15.7 Å². The topological polar surface area (TPSA) is 67.9 Å². The van der Waals surface area contributed by atoms with Crippen LogP contribution >= 0.6 is 39.9 Å². The number of carbonyl (C=O) groups is 2. The maximum Gasteiger partial charge on any atom is 0.270 e. The summed E-state index contributed by atoms with van der Waals surface area (Å²) in [5.74, 6) is 0.685. The average Bonchev–Trinajstić information content (AvgIpc) is 3.13. The second-order valence-electron chi connectivity index (χ2n) is 7.55. The fraction of sp³-hybridized carbons (Fsp3) is 0.115. The number of aryl methyl sites for hydroxylation is 1. The molecule has 6 nitrogen and oxygen atoms in total. The van der Waals surface area contributed by atoms with Gasteiger partial charge in [0.2, 0.25) is 0 Å². The third kappa shape index (κ3) is 5.93. The number of benzene rings is 3. The normalized spacial score (nSPS) is 14.4. The van der Waals surface area contributed by atoms with Gasteiger partial charge in [-0.3, -0.25) is 14.5 Å². The molecule has 1 fully saturated rings. The molecular weight excluding hydrogens is 548 g/mol. The Bertz CT molecular complexity index is 1330. The van der Waals surface area contributed by atoms with Gasteiger partial charge in [0, 0.05) is 15.7 Å². The van der Waals surface area contributed by atoms with E-state index in [-0.39, 0.29) is 18.4 Å². The van der Waals surface area contributed by atoms with E-state index in [1.54, 1.807) is 43.5 Å². The van der Waals surface area contributed by atoms with Crippen LogP contribution in [0.2, 0.25) is 0 Å². The van der Waals surface area contributed by atoms with Gasteiger partial charge in [-0.15, -0.1) is 0 Å². The molecule has 0 unspecified atom stereocenters. The minimum atomic E-state index is -0.281. The number of nitrogens with zero attached hydrogens (tertiary/aromatic N) is 1. The highest BCUT2D eigenvalue weighted by Gasteiger charge is 2.33. The fourth-order valence-corrected chi connectivity index (χ4v) is 5.16. The van der Waals surface area contributed by atoms with Crippen molar-refractivity contribution >= 4 is 73.5 Å². The Balaban J connectivity index is 1.47. The summed E-state index contributed by atoms with van der Waals surface area (Å²) in [4.78, 5) is 27.5. The zero-order valence-electron chi connectivity index (χ0n) is 18.9. The highest BCUT2D eigenvalue weighted by molar-refractivity contribution is 9.10. The lowest BCUT2D eigenvalue weighted by Crippen LogP contribution is -2.27. The Morgan fingerprint density at radius 1 is 1.14 bits per heavy atom. The van der Waals surface area contributed by atoms with Crippen LogP contribution in [-0.2, 0) is 9.59 Å². The number of thioether (sulfide) groups is 1. The molecule has 9 heteroatoms. The van der Waals surface area contributed by atoms with Crippen LogP contribution in [0, 0.1) is 6.92 Å². The van der Waals surface area contributed by atoms with E-state index in [2.05, 4.69) is 21.2 Å². The molecule has 178 valence electrons. The molecule has 0 bridgehead atoms. The van der Waals surface area contributed by atoms with Gasteiger partial charge in [0.05, 0.1) is 17.7 Å². The summed E-state index contributed by atoms with van der Waals surface area (Å²) in [5, 5.41) is 2.85. The monoisotopic (exact) mass is 568 g/mol. The van der Waals surface area contributed by atoms with Gasteiger partial charge in [0.25, 0.3) is 11.8 Å². The third-order valence-electron chi connectivity index (χ3n) is 5.15. The Hall–Kier alpha value is -3.14. The second-order valence-corrected chi connectivity index (χ2v) is 10.1. The number of amides is 2. The number of ether oxygens (including phenoxy) is 2. The van der Waals surface area contributed by atoms with Crippen molar-refractivity contribution in [3.63, 3.8) is 0 Å². The maximum atomic E-state index is 13.1. The van der Waals surface area contributed by atoms with Crippen molar-refractivity contribution in [2.45, 2.75) is 6.92 Å². The number of para-hydroxylation sites is 1. The molecule has 3 aromatic rings. The van der Waals surface area contributed by atoms with E-state index < -0.39 is 0 Å². The fourth-order valence-electron chi connectivity index (χ4n) is 3.39. The SMILES string of the molecule is COc1ccc(N2C(=O)/C(=C/c3ccccc3OCC(=O)Nc3ccc(Br)cc3C)SC2=S)cc1. The van der Waals surface area contributed by atoms with E-state index in [0.29, 0.717) is 32.0 Å². The number of halogens is 1. The summed E-state index contributed by atoms with van der Waals surface area (Å²) in [6.45, 7) is 1.74. The number of anilines is 2. The van der Waals surface area contributed by atoms with Crippen LogP contribution in [0.15, 0.2) is 76.1 Å². The lowest BCUT2D eigenvalue weighted by atomic mass is 10.2. The van der Waals surface area contributed by atoms with E-state index in [1.165, 1.54) is 16.7 Å². The number of nitrogens with one attached hydrogen (secondary N) is 1. The van der Waals surface area contributed by atoms with Gasteiger partial charge >= 0.3 is 0 Å². The van der Waals surface area contributed by atoms with Crippen molar-refractivity contribution < 1.29 is 19.1 Å². The van der Waals surface area contributed by atoms with Crippen LogP contribution in [0.5, 0.6) is 11.5 Å². The Labute approximate surface area is 221 Å². The Kier molecular flexibility index (Phi) is 7.90. The third-order valence-corrected chi connectivity index (χ3v) is 6.95. The Morgan fingerprint density at radius 3 is 2.60 bits per heavy atom. The van der Waals surface area contributed by atoms with Gasteiger partial charge in [-0.2, -0.15) is 0 Å². The molecule has 3 aromatic carbocycles. The molecule has 0 saturated carbocycles. The number of hydrogen-bond donors (Lipinski definition) is 1. The van der Waals surface area contributed by atoms with Crippen LogP contribution in [0.4, 0.5) is 11.4 Å². The van der Waals surface area contributed by atoms with Gasteiger partial charge in [-0.1, -0.05) is 58.1 Å². The molecule has 1 aliphatic heterocycles. The second kappa shape index (κ2) is 11.1. The standard InChI is InChI=1S/C26H21BrN2O4S2/c1-16-13-18(27)7-12-21(16)28-24(30)15-33-22-6-4-3-5-17(22)14-23-25(31)29(26(34)35-23)19-8-10-20(32-2)11-9-19/h3-14H,15H2,1-2H3,(H,28,30)/b23-14-. The molecule has 1 N–H and O–H groups in total. The first kappa shape index (κ1) is 25.0. The highest BCUT2D eigenvalue weighted by atomic mass is 79.9. The molecule has 35 heavy (non-hydrogen) atoms. The van der Waals surface area contributed by atoms with Crippen molar-refractivity contribution in [3.05, 3.63) is 87.2 Å². The summed E-state index contributed by atoms with van der Waals surface area (Å²) in [6, 6.07) is 20.0. The van der Waals surface area contributed by atoms with Gasteiger partial charge in [-0.25, -0.2) is 0 Å². The Morgan fingerprint density at radius 2 is 1.89 bits per heavy atom. The summed E-state index contributed by atoms with van der Waals surface area (Å²) < 4.78 is 12.4.